The second-order valence-corrected chi connectivity index (χ2v) is 7.08. The Morgan fingerprint density at radius 1 is 1.34 bits per heavy atom. The van der Waals surface area contributed by atoms with Gasteiger partial charge in [0.2, 0.25) is 5.91 Å². The fraction of sp³-hybridized carbons (Fsp3) is 0.526. The smallest absolute Gasteiger partial charge is 0.406 e. The topological polar surface area (TPSA) is 76.6 Å². The van der Waals surface area contributed by atoms with Crippen molar-refractivity contribution in [1.82, 2.24) is 14.9 Å². The minimum atomic E-state index is -4.78. The Bertz CT molecular complexity index is 877. The number of likely N-dealkylation sites (tertiary alicyclic amines) is 1. The summed E-state index contributed by atoms with van der Waals surface area (Å²) >= 11 is 0. The van der Waals surface area contributed by atoms with Crippen LogP contribution in [0.3, 0.4) is 0 Å². The predicted molar refractivity (Wildman–Crippen MR) is 101 cm³/mol. The molecule has 2 heterocycles. The number of amides is 1. The van der Waals surface area contributed by atoms with Gasteiger partial charge in [-0.3, -0.25) is 4.79 Å². The van der Waals surface area contributed by atoms with E-state index in [0.717, 1.165) is 12.8 Å². The number of alkyl halides is 3. The van der Waals surface area contributed by atoms with Gasteiger partial charge in [-0.15, -0.1) is 13.2 Å². The molecule has 1 fully saturated rings. The molecular formula is C19H23F3N4O3. The number of nitrogens with one attached hydrogen (secondary N) is 1. The van der Waals surface area contributed by atoms with Gasteiger partial charge in [0.1, 0.15) is 23.9 Å². The summed E-state index contributed by atoms with van der Waals surface area (Å²) in [6.07, 6.45) is -1.86. The number of ether oxygens (including phenoxy) is 2. The van der Waals surface area contributed by atoms with E-state index < -0.39 is 12.4 Å². The largest absolute Gasteiger partial charge is 0.573 e. The van der Waals surface area contributed by atoms with Gasteiger partial charge >= 0.3 is 6.36 Å². The zero-order valence-corrected chi connectivity index (χ0v) is 16.4. The van der Waals surface area contributed by atoms with Crippen LogP contribution in [0.4, 0.5) is 19.0 Å². The first-order chi connectivity index (χ1) is 13.7. The normalized spacial score (nSPS) is 21.1. The third kappa shape index (κ3) is 5.06. The number of benzene rings is 1. The second-order valence-electron chi connectivity index (χ2n) is 7.08. The van der Waals surface area contributed by atoms with Gasteiger partial charge in [-0.25, -0.2) is 9.97 Å². The lowest BCUT2D eigenvalue weighted by Gasteiger charge is -2.38. The van der Waals surface area contributed by atoms with Crippen molar-refractivity contribution in [2.45, 2.75) is 51.2 Å². The van der Waals surface area contributed by atoms with Crippen LogP contribution in [-0.2, 0) is 9.53 Å². The maximum atomic E-state index is 12.9. The third-order valence-electron chi connectivity index (χ3n) is 5.01. The summed E-state index contributed by atoms with van der Waals surface area (Å²) in [6.45, 7) is 4.32. The molecule has 1 saturated heterocycles. The van der Waals surface area contributed by atoms with E-state index in [2.05, 4.69) is 20.0 Å². The molecule has 29 heavy (non-hydrogen) atoms. The maximum absolute atomic E-state index is 12.9. The molecule has 1 N–H and O–H groups in total. The number of anilines is 1. The van der Waals surface area contributed by atoms with Gasteiger partial charge in [-0.1, -0.05) is 0 Å². The third-order valence-corrected chi connectivity index (χ3v) is 5.01. The molecule has 158 valence electrons. The Balaban J connectivity index is 1.74. The number of piperidine rings is 1. The molecule has 0 radical (unpaired) electrons. The maximum Gasteiger partial charge on any atom is 0.573 e. The van der Waals surface area contributed by atoms with Crippen molar-refractivity contribution < 1.29 is 27.4 Å². The number of rotatable bonds is 5. The minimum absolute atomic E-state index is 0.0506. The quantitative estimate of drug-likeness (QED) is 0.812. The van der Waals surface area contributed by atoms with E-state index >= 15 is 0 Å². The van der Waals surface area contributed by atoms with Crippen LogP contribution in [0.1, 0.15) is 26.7 Å². The van der Waals surface area contributed by atoms with Crippen molar-refractivity contribution in [3.8, 4) is 5.75 Å². The summed E-state index contributed by atoms with van der Waals surface area (Å²) in [4.78, 5) is 22.8. The van der Waals surface area contributed by atoms with Crippen molar-refractivity contribution in [1.29, 1.82) is 0 Å². The Morgan fingerprint density at radius 2 is 2.10 bits per heavy atom. The van der Waals surface area contributed by atoms with Crippen molar-refractivity contribution in [3.63, 3.8) is 0 Å². The first-order valence-corrected chi connectivity index (χ1v) is 9.28. The Labute approximate surface area is 166 Å². The molecule has 0 unspecified atom stereocenters. The summed E-state index contributed by atoms with van der Waals surface area (Å²) < 4.78 is 46.6. The summed E-state index contributed by atoms with van der Waals surface area (Å²) in [5.41, 5.74) is 0.276. The number of aromatic nitrogens is 2. The molecular weight excluding hydrogens is 389 g/mol. The molecule has 0 aliphatic carbocycles. The van der Waals surface area contributed by atoms with Crippen molar-refractivity contribution in [2.24, 2.45) is 0 Å². The number of methoxy groups -OCH3 is 1. The zero-order valence-electron chi connectivity index (χ0n) is 16.4. The molecule has 7 nitrogen and oxygen atoms in total. The van der Waals surface area contributed by atoms with Crippen LogP contribution in [-0.4, -0.2) is 59.0 Å². The fourth-order valence-electron chi connectivity index (χ4n) is 3.54. The van der Waals surface area contributed by atoms with E-state index in [1.165, 1.54) is 24.5 Å². The lowest BCUT2D eigenvalue weighted by molar-refractivity contribution is -0.274. The highest BCUT2D eigenvalue weighted by Crippen LogP contribution is 2.28. The van der Waals surface area contributed by atoms with E-state index in [4.69, 9.17) is 4.74 Å². The molecule has 1 aliphatic heterocycles. The average Bonchev–Trinajstić information content (AvgIpc) is 2.66. The Morgan fingerprint density at radius 3 is 2.76 bits per heavy atom. The van der Waals surface area contributed by atoms with Crippen molar-refractivity contribution in [2.75, 3.05) is 19.0 Å². The molecule has 10 heteroatoms. The molecule has 1 amide bonds. The van der Waals surface area contributed by atoms with Crippen LogP contribution >= 0.6 is 0 Å². The summed E-state index contributed by atoms with van der Waals surface area (Å²) in [5.74, 6) is -0.0710. The summed E-state index contributed by atoms with van der Waals surface area (Å²) in [5, 5.41) is 3.55. The van der Waals surface area contributed by atoms with Gasteiger partial charge in [-0.05, 0) is 38.8 Å². The molecule has 3 rings (SSSR count). The van der Waals surface area contributed by atoms with Gasteiger partial charge in [-0.2, -0.15) is 0 Å². The van der Waals surface area contributed by atoms with Gasteiger partial charge in [0.05, 0.1) is 11.6 Å². The van der Waals surface area contributed by atoms with Crippen LogP contribution in [0.15, 0.2) is 24.5 Å². The lowest BCUT2D eigenvalue weighted by Crippen LogP contribution is -2.51. The van der Waals surface area contributed by atoms with Gasteiger partial charge in [0.25, 0.3) is 0 Å². The van der Waals surface area contributed by atoms with E-state index in [-0.39, 0.29) is 29.3 Å². The van der Waals surface area contributed by atoms with Gasteiger partial charge in [0, 0.05) is 31.1 Å². The van der Waals surface area contributed by atoms with Gasteiger partial charge < -0.3 is 19.7 Å². The molecule has 0 bridgehead atoms. The van der Waals surface area contributed by atoms with Crippen LogP contribution in [0, 0.1) is 0 Å². The number of hydrogen-bond acceptors (Lipinski definition) is 6. The van der Waals surface area contributed by atoms with E-state index in [9.17, 15) is 18.0 Å². The van der Waals surface area contributed by atoms with E-state index in [1.54, 1.807) is 14.0 Å². The first-order valence-electron chi connectivity index (χ1n) is 9.28. The van der Waals surface area contributed by atoms with Crippen molar-refractivity contribution in [3.05, 3.63) is 24.5 Å². The Hall–Kier alpha value is -2.62. The van der Waals surface area contributed by atoms with E-state index in [0.29, 0.717) is 17.7 Å². The highest BCUT2D eigenvalue weighted by molar-refractivity contribution is 5.92. The highest BCUT2D eigenvalue weighted by Gasteiger charge is 2.32. The summed E-state index contributed by atoms with van der Waals surface area (Å²) in [6, 6.07) is 3.28. The molecule has 3 atom stereocenters. The molecule has 1 aromatic carbocycles. The lowest BCUT2D eigenvalue weighted by atomic mass is 9.99. The second kappa shape index (κ2) is 8.40. The molecule has 0 saturated carbocycles. The first kappa shape index (κ1) is 21.1. The van der Waals surface area contributed by atoms with Crippen LogP contribution in [0.5, 0.6) is 5.75 Å². The number of fused-ring (bicyclic) bond motifs is 1. The standard InChI is InChI=1S/C19H23F3N4O3/c1-11-8-13(28-3)6-7-26(11)18(27)12(2)25-17-15-5-4-14(29-19(20,21)22)9-16(15)23-10-24-17/h4-5,9-13H,6-8H2,1-3H3,(H,23,24,25)/t11-,12-,13+/m1/s1. The molecule has 0 spiro atoms. The van der Waals surface area contributed by atoms with Crippen LogP contribution in [0.2, 0.25) is 0 Å². The predicted octanol–water partition coefficient (Wildman–Crippen LogP) is 3.35. The zero-order chi connectivity index (χ0) is 21.2. The number of nitrogens with zero attached hydrogens (tertiary/aromatic N) is 3. The van der Waals surface area contributed by atoms with Gasteiger partial charge in [0.15, 0.2) is 0 Å². The average molecular weight is 412 g/mol. The monoisotopic (exact) mass is 412 g/mol. The number of carbonyl (C=O) groups is 1. The Kier molecular flexibility index (Phi) is 6.11. The van der Waals surface area contributed by atoms with E-state index in [1.807, 2.05) is 11.8 Å². The summed E-state index contributed by atoms with van der Waals surface area (Å²) in [7, 11) is 1.67. The molecule has 1 aromatic heterocycles. The highest BCUT2D eigenvalue weighted by atomic mass is 19.4. The van der Waals surface area contributed by atoms with Crippen LogP contribution < -0.4 is 10.1 Å². The number of hydrogen-bond donors (Lipinski definition) is 1. The molecule has 2 aromatic rings. The number of carbonyl (C=O) groups excluding carboxylic acids is 1. The number of halogens is 3. The van der Waals surface area contributed by atoms with Crippen molar-refractivity contribution >= 4 is 22.6 Å². The van der Waals surface area contributed by atoms with Crippen LogP contribution in [0.25, 0.3) is 10.9 Å². The SMILES string of the molecule is CO[C@H]1CCN(C(=O)[C@@H](C)Nc2ncnc3cc(OC(F)(F)F)ccc23)[C@H](C)C1. The fourth-order valence-corrected chi connectivity index (χ4v) is 3.54. The molecule has 1 aliphatic rings. The minimum Gasteiger partial charge on any atom is -0.406 e.